The number of hydrogen-bond acceptors (Lipinski definition) is 4. The standard InChI is InChI=1S/C13H19NO4/c1-13(2,3)12(15)18-7-10-8-4-5-9(6-8)11(10)14(16)17/h4-5,8-11H,6-7H2,1-3H3. The van der Waals surface area contributed by atoms with Crippen LogP contribution in [-0.2, 0) is 9.53 Å². The number of nitro groups is 1. The second kappa shape index (κ2) is 4.37. The number of allylic oxidation sites excluding steroid dienone is 1. The minimum absolute atomic E-state index is 0.0170. The molecule has 5 heteroatoms. The lowest BCUT2D eigenvalue weighted by Gasteiger charge is -2.23. The smallest absolute Gasteiger partial charge is 0.311 e. The first-order valence-corrected chi connectivity index (χ1v) is 6.30. The fraction of sp³-hybridized carbons (Fsp3) is 0.769. The van der Waals surface area contributed by atoms with E-state index in [4.69, 9.17) is 4.74 Å². The van der Waals surface area contributed by atoms with Crippen LogP contribution in [0.2, 0.25) is 0 Å². The van der Waals surface area contributed by atoms with Gasteiger partial charge in [-0.2, -0.15) is 0 Å². The van der Waals surface area contributed by atoms with Gasteiger partial charge < -0.3 is 4.74 Å². The highest BCUT2D eigenvalue weighted by molar-refractivity contribution is 5.75. The van der Waals surface area contributed by atoms with Gasteiger partial charge in [0.05, 0.1) is 11.3 Å². The summed E-state index contributed by atoms with van der Waals surface area (Å²) in [4.78, 5) is 22.6. The molecule has 0 heterocycles. The van der Waals surface area contributed by atoms with E-state index in [1.807, 2.05) is 12.2 Å². The number of esters is 1. The van der Waals surface area contributed by atoms with Crippen LogP contribution in [0.25, 0.3) is 0 Å². The van der Waals surface area contributed by atoms with Crippen molar-refractivity contribution in [3.63, 3.8) is 0 Å². The second-order valence-corrected chi connectivity index (χ2v) is 6.24. The maximum Gasteiger partial charge on any atom is 0.311 e. The molecule has 1 saturated carbocycles. The molecule has 0 aliphatic heterocycles. The maximum atomic E-state index is 11.7. The average Bonchev–Trinajstić information content (AvgIpc) is 2.83. The Morgan fingerprint density at radius 2 is 2.00 bits per heavy atom. The van der Waals surface area contributed by atoms with E-state index in [0.717, 1.165) is 6.42 Å². The Morgan fingerprint density at radius 3 is 2.56 bits per heavy atom. The summed E-state index contributed by atoms with van der Waals surface area (Å²) in [6.07, 6.45) is 4.78. The zero-order valence-electron chi connectivity index (χ0n) is 11.0. The van der Waals surface area contributed by atoms with Crippen molar-refractivity contribution in [1.82, 2.24) is 0 Å². The SMILES string of the molecule is CC(C)(C)C(=O)OCC1C2C=CC(C2)C1[N+](=O)[O-]. The largest absolute Gasteiger partial charge is 0.465 e. The Labute approximate surface area is 106 Å². The molecule has 2 bridgehead atoms. The lowest BCUT2D eigenvalue weighted by Crippen LogP contribution is -2.37. The lowest BCUT2D eigenvalue weighted by molar-refractivity contribution is -0.536. The quantitative estimate of drug-likeness (QED) is 0.334. The van der Waals surface area contributed by atoms with Crippen LogP contribution in [0.3, 0.4) is 0 Å². The summed E-state index contributed by atoms with van der Waals surface area (Å²) in [5.41, 5.74) is -0.558. The van der Waals surface area contributed by atoms with Gasteiger partial charge in [0.2, 0.25) is 6.04 Å². The van der Waals surface area contributed by atoms with E-state index in [1.54, 1.807) is 20.8 Å². The van der Waals surface area contributed by atoms with Crippen LogP contribution in [0.5, 0.6) is 0 Å². The van der Waals surface area contributed by atoms with Gasteiger partial charge in [-0.1, -0.05) is 12.2 Å². The van der Waals surface area contributed by atoms with Crippen molar-refractivity contribution in [2.75, 3.05) is 6.61 Å². The van der Waals surface area contributed by atoms with Gasteiger partial charge in [0.1, 0.15) is 6.61 Å². The molecule has 2 aliphatic carbocycles. The molecule has 4 atom stereocenters. The molecule has 100 valence electrons. The Hall–Kier alpha value is -1.39. The normalized spacial score (nSPS) is 33.7. The molecule has 0 amide bonds. The number of nitrogens with zero attached hydrogens (tertiary/aromatic N) is 1. The summed E-state index contributed by atoms with van der Waals surface area (Å²) < 4.78 is 5.25. The van der Waals surface area contributed by atoms with E-state index in [-0.39, 0.29) is 35.3 Å². The van der Waals surface area contributed by atoms with Gasteiger partial charge in [0, 0.05) is 10.8 Å². The second-order valence-electron chi connectivity index (χ2n) is 6.24. The zero-order valence-corrected chi connectivity index (χ0v) is 11.0. The van der Waals surface area contributed by atoms with Crippen LogP contribution < -0.4 is 0 Å². The summed E-state index contributed by atoms with van der Waals surface area (Å²) in [5, 5.41) is 11.1. The third kappa shape index (κ3) is 2.26. The van der Waals surface area contributed by atoms with Gasteiger partial charge in [0.15, 0.2) is 0 Å². The van der Waals surface area contributed by atoms with E-state index in [9.17, 15) is 14.9 Å². The Bertz CT molecular complexity index is 396. The summed E-state index contributed by atoms with van der Waals surface area (Å²) in [6.45, 7) is 5.50. The molecule has 5 nitrogen and oxygen atoms in total. The molecule has 0 spiro atoms. The van der Waals surface area contributed by atoms with Crippen molar-refractivity contribution in [1.29, 1.82) is 0 Å². The van der Waals surface area contributed by atoms with Gasteiger partial charge in [-0.3, -0.25) is 14.9 Å². The van der Waals surface area contributed by atoms with Gasteiger partial charge in [-0.05, 0) is 33.1 Å². The van der Waals surface area contributed by atoms with Crippen molar-refractivity contribution in [2.45, 2.75) is 33.2 Å². The molecule has 0 aromatic heterocycles. The molecule has 4 unspecified atom stereocenters. The number of carbonyl (C=O) groups is 1. The maximum absolute atomic E-state index is 11.7. The number of hydrogen-bond donors (Lipinski definition) is 0. The van der Waals surface area contributed by atoms with Gasteiger partial charge in [-0.25, -0.2) is 0 Å². The first-order chi connectivity index (χ1) is 8.30. The zero-order chi connectivity index (χ0) is 13.5. The Balaban J connectivity index is 1.99. The summed E-state index contributed by atoms with van der Waals surface area (Å²) in [7, 11) is 0. The number of carbonyl (C=O) groups excluding carboxylic acids is 1. The molecule has 0 N–H and O–H groups in total. The first-order valence-electron chi connectivity index (χ1n) is 6.30. The molecule has 18 heavy (non-hydrogen) atoms. The fourth-order valence-corrected chi connectivity index (χ4v) is 2.82. The van der Waals surface area contributed by atoms with Crippen LogP contribution in [0.15, 0.2) is 12.2 Å². The van der Waals surface area contributed by atoms with E-state index >= 15 is 0 Å². The van der Waals surface area contributed by atoms with Crippen molar-refractivity contribution in [2.24, 2.45) is 23.2 Å². The van der Waals surface area contributed by atoms with Gasteiger partial charge in [-0.15, -0.1) is 0 Å². The average molecular weight is 253 g/mol. The minimum atomic E-state index is -0.590. The Kier molecular flexibility index (Phi) is 3.17. The van der Waals surface area contributed by atoms with E-state index in [2.05, 4.69) is 0 Å². The molecular formula is C13H19NO4. The highest BCUT2D eigenvalue weighted by Crippen LogP contribution is 2.45. The summed E-state index contributed by atoms with van der Waals surface area (Å²) >= 11 is 0. The van der Waals surface area contributed by atoms with Crippen LogP contribution >= 0.6 is 0 Å². The van der Waals surface area contributed by atoms with Crippen molar-refractivity contribution < 1.29 is 14.5 Å². The van der Waals surface area contributed by atoms with Gasteiger partial charge >= 0.3 is 5.97 Å². The highest BCUT2D eigenvalue weighted by atomic mass is 16.6. The molecule has 1 fully saturated rings. The van der Waals surface area contributed by atoms with Crippen LogP contribution in [0, 0.1) is 33.3 Å². The predicted molar refractivity (Wildman–Crippen MR) is 65.4 cm³/mol. The van der Waals surface area contributed by atoms with Crippen molar-refractivity contribution in [3.05, 3.63) is 22.3 Å². The van der Waals surface area contributed by atoms with Crippen LogP contribution in [0.4, 0.5) is 0 Å². The number of fused-ring (bicyclic) bond motifs is 2. The summed E-state index contributed by atoms with van der Waals surface area (Å²) in [5.74, 6) is -0.251. The van der Waals surface area contributed by atoms with Crippen LogP contribution in [0.1, 0.15) is 27.2 Å². The lowest BCUT2D eigenvalue weighted by atomic mass is 9.90. The van der Waals surface area contributed by atoms with E-state index in [1.165, 1.54) is 0 Å². The highest BCUT2D eigenvalue weighted by Gasteiger charge is 2.52. The third-order valence-electron chi connectivity index (χ3n) is 3.84. The monoisotopic (exact) mass is 253 g/mol. The topological polar surface area (TPSA) is 69.4 Å². The van der Waals surface area contributed by atoms with Crippen molar-refractivity contribution in [3.8, 4) is 0 Å². The molecule has 0 aromatic carbocycles. The fourth-order valence-electron chi connectivity index (χ4n) is 2.82. The number of rotatable bonds is 3. The van der Waals surface area contributed by atoms with Crippen molar-refractivity contribution >= 4 is 5.97 Å². The third-order valence-corrected chi connectivity index (χ3v) is 3.84. The summed E-state index contributed by atoms with van der Waals surface area (Å²) in [6, 6.07) is -0.590. The number of ether oxygens (including phenoxy) is 1. The molecular weight excluding hydrogens is 234 g/mol. The minimum Gasteiger partial charge on any atom is -0.465 e. The molecule has 0 saturated heterocycles. The first kappa shape index (κ1) is 13.1. The molecule has 0 radical (unpaired) electrons. The Morgan fingerprint density at radius 1 is 1.39 bits per heavy atom. The molecule has 2 rings (SSSR count). The molecule has 0 aromatic rings. The van der Waals surface area contributed by atoms with E-state index in [0.29, 0.717) is 0 Å². The predicted octanol–water partition coefficient (Wildman–Crippen LogP) is 2.04. The van der Waals surface area contributed by atoms with Gasteiger partial charge in [0.25, 0.3) is 0 Å². The van der Waals surface area contributed by atoms with Crippen LogP contribution in [-0.4, -0.2) is 23.5 Å². The van der Waals surface area contributed by atoms with E-state index < -0.39 is 11.5 Å². The molecule has 2 aliphatic rings.